The van der Waals surface area contributed by atoms with Crippen LogP contribution in [0.1, 0.15) is 31.1 Å². The van der Waals surface area contributed by atoms with Gasteiger partial charge in [0.25, 0.3) is 5.91 Å². The summed E-state index contributed by atoms with van der Waals surface area (Å²) in [6.07, 6.45) is -2.55. The normalized spacial score (nSPS) is 26.1. The van der Waals surface area contributed by atoms with Gasteiger partial charge >= 0.3 is 17.9 Å². The molecule has 1 amide bonds. The second-order valence-corrected chi connectivity index (χ2v) is 6.26. The number of hydrogen-bond acceptors (Lipinski definition) is 10. The number of nitrogens with zero attached hydrogens (tertiary/aromatic N) is 1. The van der Waals surface area contributed by atoms with Gasteiger partial charge in [0.15, 0.2) is 18.5 Å². The lowest BCUT2D eigenvalue weighted by atomic mass is 9.96. The molecule has 2 N–H and O–H groups in total. The van der Waals surface area contributed by atoms with Crippen LogP contribution in [0.2, 0.25) is 0 Å². The number of ether oxygens (including phenoxy) is 4. The van der Waals surface area contributed by atoms with Gasteiger partial charge in [-0.15, -0.1) is 0 Å². The molecule has 5 atom stereocenters. The Balaban J connectivity index is 2.30. The monoisotopic (exact) mass is 410 g/mol. The van der Waals surface area contributed by atoms with Gasteiger partial charge in [-0.3, -0.25) is 24.2 Å². The van der Waals surface area contributed by atoms with Crippen molar-refractivity contribution in [3.63, 3.8) is 0 Å². The van der Waals surface area contributed by atoms with Crippen LogP contribution >= 0.6 is 0 Å². The van der Waals surface area contributed by atoms with Gasteiger partial charge in [-0.1, -0.05) is 0 Å². The maximum absolute atomic E-state index is 12.5. The van der Waals surface area contributed by atoms with E-state index in [1.54, 1.807) is 6.07 Å². The van der Waals surface area contributed by atoms with Gasteiger partial charge in [-0.2, -0.15) is 0 Å². The molecule has 0 unspecified atom stereocenters. The molecule has 11 nitrogen and oxygen atoms in total. The van der Waals surface area contributed by atoms with Crippen molar-refractivity contribution < 1.29 is 43.2 Å². The number of rotatable bonds is 6. The fraction of sp³-hybridized carbons (Fsp3) is 0.500. The summed E-state index contributed by atoms with van der Waals surface area (Å²) in [6.45, 7) is 3.04. The Morgan fingerprint density at radius 2 is 1.76 bits per heavy atom. The summed E-state index contributed by atoms with van der Waals surface area (Å²) in [5, 5.41) is 12.9. The summed E-state index contributed by atoms with van der Waals surface area (Å²) in [6, 6.07) is 1.76. The number of aliphatic hydroxyl groups is 1. The lowest BCUT2D eigenvalue weighted by Crippen LogP contribution is -2.66. The highest BCUT2D eigenvalue weighted by molar-refractivity contribution is 5.94. The highest BCUT2D eigenvalue weighted by Crippen LogP contribution is 2.26. The standard InChI is InChI=1S/C18H22N2O9/c1-9(21)26-8-13-15(27-10(2)22)16(28-11(3)23)14(18(25)29-13)20-17(24)12-5-4-6-19-7-12/h4-7,13-16,18,25H,8H2,1-3H3,(H,20,24)/t13-,14-,15+,16+,18+/m0/s1. The Hall–Kier alpha value is -3.05. The minimum absolute atomic E-state index is 0.187. The molecular formula is C18H22N2O9. The molecule has 29 heavy (non-hydrogen) atoms. The number of esters is 3. The Morgan fingerprint density at radius 3 is 2.31 bits per heavy atom. The fourth-order valence-electron chi connectivity index (χ4n) is 2.80. The second kappa shape index (κ2) is 9.94. The summed E-state index contributed by atoms with van der Waals surface area (Å²) < 4.78 is 20.7. The Morgan fingerprint density at radius 1 is 1.10 bits per heavy atom. The molecule has 1 aromatic heterocycles. The molecule has 11 heteroatoms. The van der Waals surface area contributed by atoms with Crippen LogP contribution in [-0.2, 0) is 33.3 Å². The zero-order valence-corrected chi connectivity index (χ0v) is 16.1. The fourth-order valence-corrected chi connectivity index (χ4v) is 2.80. The van der Waals surface area contributed by atoms with Crippen LogP contribution in [-0.4, -0.2) is 71.2 Å². The van der Waals surface area contributed by atoms with E-state index in [4.69, 9.17) is 18.9 Å². The predicted octanol–water partition coefficient (Wildman–Crippen LogP) is -0.676. The number of carbonyl (C=O) groups excluding carboxylic acids is 4. The zero-order valence-electron chi connectivity index (χ0n) is 16.1. The number of aliphatic hydroxyl groups excluding tert-OH is 1. The van der Waals surface area contributed by atoms with E-state index in [9.17, 15) is 24.3 Å². The van der Waals surface area contributed by atoms with Gasteiger partial charge in [0, 0.05) is 33.2 Å². The zero-order chi connectivity index (χ0) is 21.6. The van der Waals surface area contributed by atoms with Crippen LogP contribution < -0.4 is 5.32 Å². The number of aromatic nitrogens is 1. The van der Waals surface area contributed by atoms with E-state index in [1.807, 2.05) is 0 Å². The van der Waals surface area contributed by atoms with Crippen LogP contribution in [0, 0.1) is 0 Å². The third-order valence-corrected chi connectivity index (χ3v) is 3.94. The SMILES string of the molecule is CC(=O)OC[C@@H]1O[C@@H](O)[C@@H](NC(=O)c2cccnc2)[C@@H](OC(C)=O)[C@@H]1OC(C)=O. The smallest absolute Gasteiger partial charge is 0.303 e. The summed E-state index contributed by atoms with van der Waals surface area (Å²) in [5.41, 5.74) is 0.187. The van der Waals surface area contributed by atoms with E-state index >= 15 is 0 Å². The molecule has 0 aromatic carbocycles. The van der Waals surface area contributed by atoms with Crippen molar-refractivity contribution in [3.8, 4) is 0 Å². The van der Waals surface area contributed by atoms with Crippen molar-refractivity contribution in [1.82, 2.24) is 10.3 Å². The summed E-state index contributed by atoms with van der Waals surface area (Å²) in [4.78, 5) is 50.6. The predicted molar refractivity (Wildman–Crippen MR) is 94.1 cm³/mol. The van der Waals surface area contributed by atoms with Crippen LogP contribution in [0.25, 0.3) is 0 Å². The molecule has 2 rings (SSSR count). The highest BCUT2D eigenvalue weighted by atomic mass is 16.7. The molecule has 1 saturated heterocycles. The topological polar surface area (TPSA) is 150 Å². The largest absolute Gasteiger partial charge is 0.463 e. The molecule has 1 aromatic rings. The third kappa shape index (κ3) is 6.22. The molecule has 158 valence electrons. The molecule has 0 radical (unpaired) electrons. The quantitative estimate of drug-likeness (QED) is 0.456. The Labute approximate surface area is 166 Å². The maximum Gasteiger partial charge on any atom is 0.303 e. The molecule has 0 aliphatic carbocycles. The first-order valence-corrected chi connectivity index (χ1v) is 8.71. The number of pyridine rings is 1. The molecule has 2 heterocycles. The molecule has 1 aliphatic rings. The molecule has 0 spiro atoms. The minimum Gasteiger partial charge on any atom is -0.463 e. The van der Waals surface area contributed by atoms with Crippen molar-refractivity contribution in [2.24, 2.45) is 0 Å². The lowest BCUT2D eigenvalue weighted by Gasteiger charge is -2.43. The van der Waals surface area contributed by atoms with E-state index in [2.05, 4.69) is 10.3 Å². The first-order chi connectivity index (χ1) is 13.7. The molecule has 0 bridgehead atoms. The van der Waals surface area contributed by atoms with Crippen molar-refractivity contribution >= 4 is 23.8 Å². The van der Waals surface area contributed by atoms with E-state index < -0.39 is 54.5 Å². The average molecular weight is 410 g/mol. The van der Waals surface area contributed by atoms with E-state index in [-0.39, 0.29) is 12.2 Å². The molecule has 1 aliphatic heterocycles. The minimum atomic E-state index is -1.65. The summed E-state index contributed by atoms with van der Waals surface area (Å²) in [7, 11) is 0. The maximum atomic E-state index is 12.5. The van der Waals surface area contributed by atoms with Gasteiger partial charge in [-0.25, -0.2) is 0 Å². The lowest BCUT2D eigenvalue weighted by molar-refractivity contribution is -0.263. The van der Waals surface area contributed by atoms with Crippen LogP contribution in [0.5, 0.6) is 0 Å². The van der Waals surface area contributed by atoms with Crippen LogP contribution in [0.3, 0.4) is 0 Å². The summed E-state index contributed by atoms with van der Waals surface area (Å²) in [5.74, 6) is -2.71. The van der Waals surface area contributed by atoms with E-state index in [0.29, 0.717) is 0 Å². The van der Waals surface area contributed by atoms with Gasteiger partial charge < -0.3 is 29.4 Å². The number of amides is 1. The van der Waals surface area contributed by atoms with E-state index in [1.165, 1.54) is 25.4 Å². The molecular weight excluding hydrogens is 388 g/mol. The van der Waals surface area contributed by atoms with Crippen molar-refractivity contribution in [2.75, 3.05) is 6.61 Å². The van der Waals surface area contributed by atoms with Gasteiger partial charge in [0.05, 0.1) is 5.56 Å². The Bertz CT molecular complexity index is 755. The van der Waals surface area contributed by atoms with Crippen molar-refractivity contribution in [3.05, 3.63) is 30.1 Å². The first-order valence-electron chi connectivity index (χ1n) is 8.71. The van der Waals surface area contributed by atoms with Gasteiger partial charge in [-0.05, 0) is 12.1 Å². The molecule has 0 saturated carbocycles. The van der Waals surface area contributed by atoms with Crippen LogP contribution in [0.15, 0.2) is 24.5 Å². The first kappa shape index (κ1) is 22.2. The molecule has 1 fully saturated rings. The van der Waals surface area contributed by atoms with Crippen molar-refractivity contribution in [1.29, 1.82) is 0 Å². The third-order valence-electron chi connectivity index (χ3n) is 3.94. The number of nitrogens with one attached hydrogen (secondary N) is 1. The van der Waals surface area contributed by atoms with Gasteiger partial charge in [0.2, 0.25) is 0 Å². The number of hydrogen-bond donors (Lipinski definition) is 2. The highest BCUT2D eigenvalue weighted by Gasteiger charge is 2.50. The second-order valence-electron chi connectivity index (χ2n) is 6.26. The van der Waals surface area contributed by atoms with E-state index in [0.717, 1.165) is 13.8 Å². The van der Waals surface area contributed by atoms with Gasteiger partial charge in [0.1, 0.15) is 18.8 Å². The Kier molecular flexibility index (Phi) is 7.62. The number of carbonyl (C=O) groups is 4. The van der Waals surface area contributed by atoms with Crippen LogP contribution in [0.4, 0.5) is 0 Å². The summed E-state index contributed by atoms with van der Waals surface area (Å²) >= 11 is 0. The average Bonchev–Trinajstić information content (AvgIpc) is 2.65. The van der Waals surface area contributed by atoms with Crippen molar-refractivity contribution in [2.45, 2.75) is 51.4 Å².